The molecule has 15 heavy (non-hydrogen) atoms. The summed E-state index contributed by atoms with van der Waals surface area (Å²) >= 11 is 11.6. The molecule has 0 saturated carbocycles. The molecule has 1 rings (SSSR count). The van der Waals surface area contributed by atoms with Gasteiger partial charge in [-0.15, -0.1) is 0 Å². The number of carbonyl (C=O) groups is 1. The molecule has 0 aliphatic carbocycles. The second-order valence-electron chi connectivity index (χ2n) is 2.87. The first kappa shape index (κ1) is 11.9. The van der Waals surface area contributed by atoms with Crippen LogP contribution in [-0.2, 0) is 4.79 Å². The summed E-state index contributed by atoms with van der Waals surface area (Å²) in [5, 5.41) is 3.66. The van der Waals surface area contributed by atoms with Crippen molar-refractivity contribution in [3.63, 3.8) is 0 Å². The Balaban J connectivity index is 2.67. The topological polar surface area (TPSA) is 29.1 Å². The van der Waals surface area contributed by atoms with Crippen LogP contribution in [-0.4, -0.2) is 12.5 Å². The van der Waals surface area contributed by atoms with Gasteiger partial charge in [-0.25, -0.2) is 0 Å². The summed E-state index contributed by atoms with van der Waals surface area (Å²) in [6, 6.07) is 5.07. The molecule has 0 radical (unpaired) electrons. The van der Waals surface area contributed by atoms with Gasteiger partial charge in [0, 0.05) is 22.5 Å². The summed E-state index contributed by atoms with van der Waals surface area (Å²) in [6.07, 6.45) is 0. The smallest absolute Gasteiger partial charge is 0.217 e. The van der Waals surface area contributed by atoms with Crippen molar-refractivity contribution in [3.8, 4) is 11.8 Å². The number of rotatable bonds is 1. The molecule has 0 unspecified atom stereocenters. The summed E-state index contributed by atoms with van der Waals surface area (Å²) in [4.78, 5) is 10.5. The van der Waals surface area contributed by atoms with Gasteiger partial charge in [-0.3, -0.25) is 4.79 Å². The molecule has 2 nitrogen and oxygen atoms in total. The molecule has 4 heteroatoms. The van der Waals surface area contributed by atoms with Gasteiger partial charge in [0.25, 0.3) is 0 Å². The maximum Gasteiger partial charge on any atom is 0.217 e. The van der Waals surface area contributed by atoms with Gasteiger partial charge in [0.2, 0.25) is 5.91 Å². The van der Waals surface area contributed by atoms with Gasteiger partial charge in [-0.05, 0) is 18.2 Å². The van der Waals surface area contributed by atoms with Crippen LogP contribution in [0.5, 0.6) is 0 Å². The maximum atomic E-state index is 10.5. The SMILES string of the molecule is CC(=O)NCC#Cc1cc(Cl)cc(Cl)c1. The van der Waals surface area contributed by atoms with Crippen LogP contribution in [0.1, 0.15) is 12.5 Å². The number of hydrogen-bond donors (Lipinski definition) is 1. The van der Waals surface area contributed by atoms with E-state index in [2.05, 4.69) is 17.2 Å². The molecule has 0 aliphatic rings. The van der Waals surface area contributed by atoms with Gasteiger partial charge in [-0.1, -0.05) is 35.0 Å². The number of hydrogen-bond acceptors (Lipinski definition) is 1. The van der Waals surface area contributed by atoms with Crippen molar-refractivity contribution in [1.29, 1.82) is 0 Å². The first-order valence-corrected chi connectivity index (χ1v) is 5.03. The molecule has 0 atom stereocenters. The quantitative estimate of drug-likeness (QED) is 0.753. The lowest BCUT2D eigenvalue weighted by molar-refractivity contribution is -0.118. The zero-order valence-electron chi connectivity index (χ0n) is 8.10. The molecule has 1 amide bonds. The Kier molecular flexibility index (Phi) is 4.48. The lowest BCUT2D eigenvalue weighted by Gasteiger charge is -1.95. The second-order valence-corrected chi connectivity index (χ2v) is 3.74. The Labute approximate surface area is 98.6 Å². The highest BCUT2D eigenvalue weighted by Gasteiger charge is 1.94. The molecule has 1 aromatic carbocycles. The number of halogens is 2. The van der Waals surface area contributed by atoms with Gasteiger partial charge in [0.1, 0.15) is 0 Å². The van der Waals surface area contributed by atoms with E-state index in [4.69, 9.17) is 23.2 Å². The Hall–Kier alpha value is -1.17. The number of carbonyl (C=O) groups excluding carboxylic acids is 1. The lowest BCUT2D eigenvalue weighted by atomic mass is 10.2. The molecule has 0 fully saturated rings. The summed E-state index contributed by atoms with van der Waals surface area (Å²) in [7, 11) is 0. The predicted octanol–water partition coefficient (Wildman–Crippen LogP) is 2.48. The highest BCUT2D eigenvalue weighted by atomic mass is 35.5. The third-order valence-corrected chi connectivity index (χ3v) is 1.96. The van der Waals surface area contributed by atoms with Crippen LogP contribution in [0.25, 0.3) is 0 Å². The van der Waals surface area contributed by atoms with Crippen LogP contribution < -0.4 is 5.32 Å². The molecule has 0 bridgehead atoms. The molecule has 0 aliphatic heterocycles. The van der Waals surface area contributed by atoms with Crippen LogP contribution in [0, 0.1) is 11.8 Å². The lowest BCUT2D eigenvalue weighted by Crippen LogP contribution is -2.19. The van der Waals surface area contributed by atoms with Gasteiger partial charge in [-0.2, -0.15) is 0 Å². The normalized spacial score (nSPS) is 9.00. The van der Waals surface area contributed by atoms with Gasteiger partial charge in [0.15, 0.2) is 0 Å². The molecule has 0 heterocycles. The Morgan fingerprint density at radius 1 is 1.33 bits per heavy atom. The van der Waals surface area contributed by atoms with E-state index in [0.29, 0.717) is 16.6 Å². The van der Waals surface area contributed by atoms with E-state index in [-0.39, 0.29) is 5.91 Å². The maximum absolute atomic E-state index is 10.5. The average molecular weight is 242 g/mol. The molecule has 1 N–H and O–H groups in total. The standard InChI is InChI=1S/C11H9Cl2NO/c1-8(15)14-4-2-3-9-5-10(12)7-11(13)6-9/h5-7H,4H2,1H3,(H,14,15). The summed E-state index contributed by atoms with van der Waals surface area (Å²) in [5.41, 5.74) is 0.734. The van der Waals surface area contributed by atoms with Crippen molar-refractivity contribution in [2.75, 3.05) is 6.54 Å². The average Bonchev–Trinajstić information content (AvgIpc) is 2.10. The molecular formula is C11H9Cl2NO. The Morgan fingerprint density at radius 2 is 1.93 bits per heavy atom. The minimum Gasteiger partial charge on any atom is -0.345 e. The number of benzene rings is 1. The van der Waals surface area contributed by atoms with E-state index in [1.54, 1.807) is 18.2 Å². The van der Waals surface area contributed by atoms with Gasteiger partial charge in [0.05, 0.1) is 6.54 Å². The summed E-state index contributed by atoms with van der Waals surface area (Å²) in [6.45, 7) is 1.76. The Morgan fingerprint density at radius 3 is 2.47 bits per heavy atom. The van der Waals surface area contributed by atoms with Gasteiger partial charge >= 0.3 is 0 Å². The fourth-order valence-corrected chi connectivity index (χ4v) is 1.47. The third kappa shape index (κ3) is 4.73. The molecule has 0 spiro atoms. The zero-order valence-corrected chi connectivity index (χ0v) is 9.62. The van der Waals surface area contributed by atoms with Crippen LogP contribution in [0.2, 0.25) is 10.0 Å². The highest BCUT2D eigenvalue weighted by Crippen LogP contribution is 2.18. The van der Waals surface area contributed by atoms with Crippen LogP contribution in [0.15, 0.2) is 18.2 Å². The van der Waals surface area contributed by atoms with Crippen LogP contribution in [0.3, 0.4) is 0 Å². The first-order chi connectivity index (χ1) is 7.08. The van der Waals surface area contributed by atoms with E-state index in [1.807, 2.05) is 0 Å². The van der Waals surface area contributed by atoms with E-state index in [9.17, 15) is 4.79 Å². The van der Waals surface area contributed by atoms with E-state index >= 15 is 0 Å². The molecule has 0 aromatic heterocycles. The summed E-state index contributed by atoms with van der Waals surface area (Å²) < 4.78 is 0. The Bertz CT molecular complexity index is 412. The first-order valence-electron chi connectivity index (χ1n) is 4.27. The fourth-order valence-electron chi connectivity index (χ4n) is 0.941. The zero-order chi connectivity index (χ0) is 11.3. The van der Waals surface area contributed by atoms with E-state index in [0.717, 1.165) is 5.56 Å². The van der Waals surface area contributed by atoms with Crippen LogP contribution in [0.4, 0.5) is 0 Å². The fraction of sp³-hybridized carbons (Fsp3) is 0.182. The van der Waals surface area contributed by atoms with Crippen molar-refractivity contribution >= 4 is 29.1 Å². The molecule has 1 aromatic rings. The van der Waals surface area contributed by atoms with Gasteiger partial charge < -0.3 is 5.32 Å². The monoisotopic (exact) mass is 241 g/mol. The van der Waals surface area contributed by atoms with Crippen molar-refractivity contribution in [2.24, 2.45) is 0 Å². The minimum absolute atomic E-state index is 0.103. The van der Waals surface area contributed by atoms with Crippen molar-refractivity contribution in [3.05, 3.63) is 33.8 Å². The summed E-state index contributed by atoms with van der Waals surface area (Å²) in [5.74, 6) is 5.53. The minimum atomic E-state index is -0.103. The second kappa shape index (κ2) is 5.65. The van der Waals surface area contributed by atoms with E-state index in [1.165, 1.54) is 6.92 Å². The molecule has 0 saturated heterocycles. The van der Waals surface area contributed by atoms with Crippen molar-refractivity contribution in [2.45, 2.75) is 6.92 Å². The van der Waals surface area contributed by atoms with Crippen molar-refractivity contribution < 1.29 is 4.79 Å². The molecule has 78 valence electrons. The largest absolute Gasteiger partial charge is 0.345 e. The van der Waals surface area contributed by atoms with Crippen molar-refractivity contribution in [1.82, 2.24) is 5.32 Å². The van der Waals surface area contributed by atoms with E-state index < -0.39 is 0 Å². The number of amides is 1. The highest BCUT2D eigenvalue weighted by molar-refractivity contribution is 6.34. The third-order valence-electron chi connectivity index (χ3n) is 1.52. The predicted molar refractivity (Wildman–Crippen MR) is 62.0 cm³/mol. The van der Waals surface area contributed by atoms with Crippen LogP contribution >= 0.6 is 23.2 Å². The molecular weight excluding hydrogens is 233 g/mol. The number of nitrogens with one attached hydrogen (secondary N) is 1.